The van der Waals surface area contributed by atoms with E-state index < -0.39 is 0 Å². The van der Waals surface area contributed by atoms with Crippen LogP contribution in [-0.2, 0) is 4.74 Å². The number of rotatable bonds is 1. The molecule has 0 spiro atoms. The van der Waals surface area contributed by atoms with E-state index in [2.05, 4.69) is 41.5 Å². The molecule has 0 radical (unpaired) electrons. The Bertz CT molecular complexity index is 350. The fourth-order valence-electron chi connectivity index (χ4n) is 3.54. The summed E-state index contributed by atoms with van der Waals surface area (Å²) < 4.78 is 5.53. The highest BCUT2D eigenvalue weighted by Gasteiger charge is 2.46. The zero-order valence-electron chi connectivity index (χ0n) is 14.0. The van der Waals surface area contributed by atoms with Crippen molar-refractivity contribution in [2.45, 2.75) is 79.3 Å². The molecule has 0 aromatic carbocycles. The topological polar surface area (TPSA) is 29.5 Å². The number of ether oxygens (including phenoxy) is 1. The lowest BCUT2D eigenvalue weighted by atomic mass is 9.73. The van der Waals surface area contributed by atoms with Crippen LogP contribution in [-0.4, -0.2) is 29.7 Å². The van der Waals surface area contributed by atoms with Gasteiger partial charge in [0.2, 0.25) is 0 Å². The molecule has 0 aliphatic carbocycles. The zero-order chi connectivity index (χ0) is 15.1. The molecular formula is C17H31NO2. The van der Waals surface area contributed by atoms with Gasteiger partial charge in [0.15, 0.2) is 0 Å². The molecule has 0 aromatic rings. The van der Waals surface area contributed by atoms with Gasteiger partial charge in [0, 0.05) is 12.1 Å². The summed E-state index contributed by atoms with van der Waals surface area (Å²) in [7, 11) is 0. The lowest BCUT2D eigenvalue weighted by molar-refractivity contribution is 0.0227. The molecule has 2 aliphatic heterocycles. The van der Waals surface area contributed by atoms with Crippen LogP contribution in [0.15, 0.2) is 0 Å². The summed E-state index contributed by atoms with van der Waals surface area (Å²) in [6, 6.07) is 0.816. The highest BCUT2D eigenvalue weighted by molar-refractivity contribution is 5.69. The van der Waals surface area contributed by atoms with Gasteiger partial charge in [-0.1, -0.05) is 41.5 Å². The Morgan fingerprint density at radius 3 is 1.95 bits per heavy atom. The second-order valence-corrected chi connectivity index (χ2v) is 8.94. The maximum Gasteiger partial charge on any atom is 0.410 e. The number of nitrogens with zero attached hydrogens (tertiary/aromatic N) is 1. The van der Waals surface area contributed by atoms with Crippen LogP contribution in [0.5, 0.6) is 0 Å². The Balaban J connectivity index is 1.97. The Morgan fingerprint density at radius 2 is 1.55 bits per heavy atom. The van der Waals surface area contributed by atoms with Crippen LogP contribution in [0.25, 0.3) is 0 Å². The molecule has 3 heteroatoms. The average molecular weight is 281 g/mol. The lowest BCUT2D eigenvalue weighted by Crippen LogP contribution is -2.49. The highest BCUT2D eigenvalue weighted by atomic mass is 16.6. The predicted octanol–water partition coefficient (Wildman–Crippen LogP) is 4.46. The molecule has 116 valence electrons. The first kappa shape index (κ1) is 15.7. The number of fused-ring (bicyclic) bond motifs is 2. The van der Waals surface area contributed by atoms with Crippen molar-refractivity contribution in [3.8, 4) is 0 Å². The smallest absolute Gasteiger partial charge is 0.410 e. The number of amides is 1. The lowest BCUT2D eigenvalue weighted by Gasteiger charge is -2.43. The van der Waals surface area contributed by atoms with Crippen LogP contribution in [0.2, 0.25) is 0 Å². The molecule has 2 heterocycles. The number of hydrogen-bond donors (Lipinski definition) is 0. The van der Waals surface area contributed by atoms with Crippen LogP contribution in [0, 0.1) is 16.7 Å². The minimum absolute atomic E-state index is 0.0401. The van der Waals surface area contributed by atoms with Gasteiger partial charge in [-0.3, -0.25) is 0 Å². The molecule has 2 saturated heterocycles. The van der Waals surface area contributed by atoms with Crippen LogP contribution >= 0.6 is 0 Å². The molecule has 2 fully saturated rings. The standard InChI is InChI=1S/C17H31NO2/c1-16(2,3)11-20-15(19)18-13-7-8-14(18)10-12(9-13)17(4,5)6/h12-14H,7-11H2,1-6H3. The van der Waals surface area contributed by atoms with Crippen molar-refractivity contribution in [1.29, 1.82) is 0 Å². The minimum Gasteiger partial charge on any atom is -0.449 e. The van der Waals surface area contributed by atoms with Gasteiger partial charge in [0.1, 0.15) is 0 Å². The van der Waals surface area contributed by atoms with Gasteiger partial charge in [-0.25, -0.2) is 4.79 Å². The van der Waals surface area contributed by atoms with E-state index in [0.29, 0.717) is 24.1 Å². The number of carbonyl (C=O) groups excluding carboxylic acids is 1. The van der Waals surface area contributed by atoms with Gasteiger partial charge < -0.3 is 9.64 Å². The molecule has 0 aromatic heterocycles. The number of carbonyl (C=O) groups is 1. The van der Waals surface area contributed by atoms with Crippen molar-refractivity contribution < 1.29 is 9.53 Å². The van der Waals surface area contributed by atoms with Crippen molar-refractivity contribution in [1.82, 2.24) is 4.90 Å². The van der Waals surface area contributed by atoms with Gasteiger partial charge in [-0.05, 0) is 42.4 Å². The fraction of sp³-hybridized carbons (Fsp3) is 0.941. The summed E-state index contributed by atoms with van der Waals surface area (Å²) in [5.41, 5.74) is 0.390. The molecule has 0 N–H and O–H groups in total. The van der Waals surface area contributed by atoms with Gasteiger partial charge in [-0.2, -0.15) is 0 Å². The fourth-order valence-corrected chi connectivity index (χ4v) is 3.54. The summed E-state index contributed by atoms with van der Waals surface area (Å²) in [6.07, 6.45) is 4.51. The normalized spacial score (nSPS) is 30.5. The molecule has 0 saturated carbocycles. The molecule has 2 rings (SSSR count). The van der Waals surface area contributed by atoms with Crippen molar-refractivity contribution in [2.24, 2.45) is 16.7 Å². The summed E-state index contributed by atoms with van der Waals surface area (Å²) in [4.78, 5) is 14.4. The summed E-state index contributed by atoms with van der Waals surface area (Å²) >= 11 is 0. The summed E-state index contributed by atoms with van der Waals surface area (Å²) in [6.45, 7) is 13.8. The van der Waals surface area contributed by atoms with E-state index in [9.17, 15) is 4.79 Å². The molecule has 1 amide bonds. The van der Waals surface area contributed by atoms with E-state index in [1.165, 1.54) is 0 Å². The second kappa shape index (κ2) is 5.23. The SMILES string of the molecule is CC(C)(C)COC(=O)N1C2CCC1CC(C(C)(C)C)C2. The Hall–Kier alpha value is -0.730. The van der Waals surface area contributed by atoms with Crippen LogP contribution in [0.4, 0.5) is 4.79 Å². The van der Waals surface area contributed by atoms with E-state index in [4.69, 9.17) is 4.74 Å². The highest BCUT2D eigenvalue weighted by Crippen LogP contribution is 2.45. The Morgan fingerprint density at radius 1 is 1.05 bits per heavy atom. The van der Waals surface area contributed by atoms with Crippen molar-refractivity contribution >= 4 is 6.09 Å². The van der Waals surface area contributed by atoms with Gasteiger partial charge in [0.25, 0.3) is 0 Å². The van der Waals surface area contributed by atoms with Gasteiger partial charge in [-0.15, -0.1) is 0 Å². The first-order valence-electron chi connectivity index (χ1n) is 8.03. The number of hydrogen-bond acceptors (Lipinski definition) is 2. The van der Waals surface area contributed by atoms with Crippen LogP contribution < -0.4 is 0 Å². The van der Waals surface area contributed by atoms with Crippen LogP contribution in [0.1, 0.15) is 67.2 Å². The molecule has 2 unspecified atom stereocenters. The van der Waals surface area contributed by atoms with E-state index >= 15 is 0 Å². The molecule has 2 atom stereocenters. The molecule has 2 bridgehead atoms. The van der Waals surface area contributed by atoms with E-state index in [-0.39, 0.29) is 11.5 Å². The Kier molecular flexibility index (Phi) is 4.10. The minimum atomic E-state index is -0.0835. The molecule has 20 heavy (non-hydrogen) atoms. The largest absolute Gasteiger partial charge is 0.449 e. The molecule has 3 nitrogen and oxygen atoms in total. The maximum absolute atomic E-state index is 12.4. The average Bonchev–Trinajstić information content (AvgIpc) is 2.54. The number of piperidine rings is 1. The van der Waals surface area contributed by atoms with E-state index in [1.807, 2.05) is 4.90 Å². The molecule has 2 aliphatic rings. The predicted molar refractivity (Wildman–Crippen MR) is 81.6 cm³/mol. The first-order valence-corrected chi connectivity index (χ1v) is 8.03. The monoisotopic (exact) mass is 281 g/mol. The first-order chi connectivity index (χ1) is 9.08. The van der Waals surface area contributed by atoms with Crippen molar-refractivity contribution in [3.63, 3.8) is 0 Å². The molecular weight excluding hydrogens is 250 g/mol. The zero-order valence-corrected chi connectivity index (χ0v) is 14.0. The van der Waals surface area contributed by atoms with Gasteiger partial charge >= 0.3 is 6.09 Å². The van der Waals surface area contributed by atoms with Crippen LogP contribution in [0.3, 0.4) is 0 Å². The maximum atomic E-state index is 12.4. The van der Waals surface area contributed by atoms with Gasteiger partial charge in [0.05, 0.1) is 6.61 Å². The van der Waals surface area contributed by atoms with E-state index in [0.717, 1.165) is 31.6 Å². The second-order valence-electron chi connectivity index (χ2n) is 8.94. The van der Waals surface area contributed by atoms with Crippen molar-refractivity contribution in [2.75, 3.05) is 6.61 Å². The quantitative estimate of drug-likeness (QED) is 0.710. The third-order valence-electron chi connectivity index (χ3n) is 4.80. The third kappa shape index (κ3) is 3.48. The van der Waals surface area contributed by atoms with E-state index in [1.54, 1.807) is 0 Å². The van der Waals surface area contributed by atoms with Crippen molar-refractivity contribution in [3.05, 3.63) is 0 Å². The Labute approximate surface area is 124 Å². The third-order valence-corrected chi connectivity index (χ3v) is 4.80. The summed E-state index contributed by atoms with van der Waals surface area (Å²) in [5, 5.41) is 0. The summed E-state index contributed by atoms with van der Waals surface area (Å²) in [5.74, 6) is 0.728.